The lowest BCUT2D eigenvalue weighted by Crippen LogP contribution is -2.49. The Labute approximate surface area is 132 Å². The molecule has 2 aliphatic heterocycles. The zero-order chi connectivity index (χ0) is 15.7. The Morgan fingerprint density at radius 1 is 1.32 bits per heavy atom. The largest absolute Gasteiger partial charge is 0.388 e. The van der Waals surface area contributed by atoms with Gasteiger partial charge in [-0.15, -0.1) is 0 Å². The van der Waals surface area contributed by atoms with Crippen LogP contribution >= 0.6 is 0 Å². The summed E-state index contributed by atoms with van der Waals surface area (Å²) in [5.74, 6) is 0.192. The number of nitrogens with one attached hydrogen (secondary N) is 1. The molecule has 0 spiro atoms. The highest BCUT2D eigenvalue weighted by Gasteiger charge is 2.29. The predicted octanol–water partition coefficient (Wildman–Crippen LogP) is 1.73. The molecule has 2 unspecified atom stereocenters. The van der Waals surface area contributed by atoms with Gasteiger partial charge < -0.3 is 15.0 Å². The van der Waals surface area contributed by atoms with Crippen molar-refractivity contribution >= 4 is 17.3 Å². The first-order valence-electron chi connectivity index (χ1n) is 8.05. The molecule has 0 bridgehead atoms. The third-order valence-corrected chi connectivity index (χ3v) is 4.42. The van der Waals surface area contributed by atoms with Crippen LogP contribution < -0.4 is 10.2 Å². The van der Waals surface area contributed by atoms with Gasteiger partial charge in [-0.2, -0.15) is 0 Å². The number of ether oxygens (including phenoxy) is 1. The average Bonchev–Trinajstić information content (AvgIpc) is 2.88. The van der Waals surface area contributed by atoms with E-state index in [-0.39, 0.29) is 18.1 Å². The Kier molecular flexibility index (Phi) is 4.36. The van der Waals surface area contributed by atoms with Crippen LogP contribution in [0.3, 0.4) is 0 Å². The molecule has 2 heterocycles. The first-order chi connectivity index (χ1) is 10.6. The number of hydrogen-bond donors (Lipinski definition) is 1. The summed E-state index contributed by atoms with van der Waals surface area (Å²) < 4.78 is 5.73. The van der Waals surface area contributed by atoms with Crippen LogP contribution in [0.4, 0.5) is 11.4 Å². The molecule has 5 heteroatoms. The molecule has 1 aromatic rings. The van der Waals surface area contributed by atoms with Crippen molar-refractivity contribution in [3.63, 3.8) is 0 Å². The zero-order valence-corrected chi connectivity index (χ0v) is 13.6. The van der Waals surface area contributed by atoms with Crippen LogP contribution in [-0.4, -0.2) is 56.2 Å². The minimum absolute atomic E-state index is 0.192. The Hall–Kier alpha value is -1.59. The molecule has 0 saturated carbocycles. The van der Waals surface area contributed by atoms with Crippen molar-refractivity contribution in [2.24, 2.45) is 0 Å². The number of morpholine rings is 1. The van der Waals surface area contributed by atoms with Gasteiger partial charge in [0.25, 0.3) is 0 Å². The van der Waals surface area contributed by atoms with Crippen LogP contribution in [0.25, 0.3) is 0 Å². The number of amides is 1. The van der Waals surface area contributed by atoms with Crippen LogP contribution in [0.15, 0.2) is 18.2 Å². The summed E-state index contributed by atoms with van der Waals surface area (Å²) in [5.41, 5.74) is 3.42. The van der Waals surface area contributed by atoms with E-state index in [0.717, 1.165) is 37.4 Å². The fourth-order valence-corrected chi connectivity index (χ4v) is 3.51. The van der Waals surface area contributed by atoms with E-state index < -0.39 is 0 Å². The van der Waals surface area contributed by atoms with Crippen molar-refractivity contribution in [1.29, 1.82) is 0 Å². The SMILES string of the molecule is CNc1ccc2c(c1)CCN2C(=O)CN1CC(C)OC(C)C1. The third-order valence-electron chi connectivity index (χ3n) is 4.42. The van der Waals surface area contributed by atoms with Crippen molar-refractivity contribution in [3.8, 4) is 0 Å². The summed E-state index contributed by atoms with van der Waals surface area (Å²) in [4.78, 5) is 16.8. The van der Waals surface area contributed by atoms with Gasteiger partial charge in [0.1, 0.15) is 0 Å². The quantitative estimate of drug-likeness (QED) is 0.923. The molecule has 0 aliphatic carbocycles. The lowest BCUT2D eigenvalue weighted by Gasteiger charge is -2.35. The minimum Gasteiger partial charge on any atom is -0.388 e. The van der Waals surface area contributed by atoms with E-state index in [1.807, 2.05) is 18.0 Å². The number of carbonyl (C=O) groups is 1. The second-order valence-corrected chi connectivity index (χ2v) is 6.34. The normalized spacial score (nSPS) is 25.1. The molecule has 5 nitrogen and oxygen atoms in total. The van der Waals surface area contributed by atoms with Crippen LogP contribution in [0.5, 0.6) is 0 Å². The molecule has 3 rings (SSSR count). The average molecular weight is 303 g/mol. The number of rotatable bonds is 3. The Balaban J connectivity index is 1.67. The van der Waals surface area contributed by atoms with E-state index in [1.165, 1.54) is 5.56 Å². The molecule has 2 atom stereocenters. The Morgan fingerprint density at radius 3 is 2.73 bits per heavy atom. The van der Waals surface area contributed by atoms with Gasteiger partial charge in [0.05, 0.1) is 18.8 Å². The van der Waals surface area contributed by atoms with Crippen molar-refractivity contribution in [1.82, 2.24) is 4.90 Å². The smallest absolute Gasteiger partial charge is 0.241 e. The number of anilines is 2. The minimum atomic E-state index is 0.192. The maximum Gasteiger partial charge on any atom is 0.241 e. The molecule has 120 valence electrons. The topological polar surface area (TPSA) is 44.8 Å². The van der Waals surface area contributed by atoms with E-state index in [2.05, 4.69) is 36.2 Å². The lowest BCUT2D eigenvalue weighted by atomic mass is 10.1. The summed E-state index contributed by atoms with van der Waals surface area (Å²) in [7, 11) is 1.92. The van der Waals surface area contributed by atoms with Crippen LogP contribution in [-0.2, 0) is 16.0 Å². The molecule has 2 aliphatic rings. The van der Waals surface area contributed by atoms with Crippen molar-refractivity contribution < 1.29 is 9.53 Å². The molecule has 1 N–H and O–H groups in total. The summed E-state index contributed by atoms with van der Waals surface area (Å²) in [6.07, 6.45) is 1.33. The van der Waals surface area contributed by atoms with Crippen molar-refractivity contribution in [2.45, 2.75) is 32.5 Å². The highest BCUT2D eigenvalue weighted by Crippen LogP contribution is 2.30. The van der Waals surface area contributed by atoms with Crippen LogP contribution in [0.1, 0.15) is 19.4 Å². The summed E-state index contributed by atoms with van der Waals surface area (Å²) >= 11 is 0. The number of fused-ring (bicyclic) bond motifs is 1. The standard InChI is InChI=1S/C17H25N3O2/c1-12-9-19(10-13(2)22-12)11-17(21)20-7-6-14-8-15(18-3)4-5-16(14)20/h4-5,8,12-13,18H,6-7,9-11H2,1-3H3. The van der Waals surface area contributed by atoms with E-state index >= 15 is 0 Å². The first-order valence-corrected chi connectivity index (χ1v) is 8.05. The van der Waals surface area contributed by atoms with Crippen molar-refractivity contribution in [2.75, 3.05) is 43.4 Å². The molecule has 1 fully saturated rings. The van der Waals surface area contributed by atoms with Gasteiger partial charge in [0, 0.05) is 38.1 Å². The Morgan fingerprint density at radius 2 is 2.05 bits per heavy atom. The van der Waals surface area contributed by atoms with Gasteiger partial charge in [-0.1, -0.05) is 0 Å². The predicted molar refractivity (Wildman–Crippen MR) is 88.5 cm³/mol. The number of benzene rings is 1. The van der Waals surface area contributed by atoms with Gasteiger partial charge >= 0.3 is 0 Å². The highest BCUT2D eigenvalue weighted by molar-refractivity contribution is 5.97. The first kappa shape index (κ1) is 15.3. The maximum absolute atomic E-state index is 12.7. The lowest BCUT2D eigenvalue weighted by molar-refractivity contribution is -0.123. The van der Waals surface area contributed by atoms with Gasteiger partial charge in [0.15, 0.2) is 0 Å². The molecule has 22 heavy (non-hydrogen) atoms. The molecular weight excluding hydrogens is 278 g/mol. The van der Waals surface area contributed by atoms with E-state index in [4.69, 9.17) is 4.74 Å². The fourth-order valence-electron chi connectivity index (χ4n) is 3.51. The Bertz CT molecular complexity index is 551. The number of carbonyl (C=O) groups excluding carboxylic acids is 1. The summed E-state index contributed by atoms with van der Waals surface area (Å²) in [6, 6.07) is 6.22. The van der Waals surface area contributed by atoms with Crippen LogP contribution in [0.2, 0.25) is 0 Å². The maximum atomic E-state index is 12.7. The van der Waals surface area contributed by atoms with Gasteiger partial charge in [-0.3, -0.25) is 9.69 Å². The molecule has 0 aromatic heterocycles. The number of nitrogens with zero attached hydrogens (tertiary/aromatic N) is 2. The zero-order valence-electron chi connectivity index (χ0n) is 13.6. The monoisotopic (exact) mass is 303 g/mol. The van der Waals surface area contributed by atoms with Gasteiger partial charge in [-0.25, -0.2) is 0 Å². The third kappa shape index (κ3) is 3.10. The molecule has 1 saturated heterocycles. The second kappa shape index (κ2) is 6.26. The second-order valence-electron chi connectivity index (χ2n) is 6.34. The molecule has 1 amide bonds. The molecular formula is C17H25N3O2. The molecule has 1 aromatic carbocycles. The summed E-state index contributed by atoms with van der Waals surface area (Å²) in [5, 5.41) is 3.15. The van der Waals surface area contributed by atoms with E-state index in [0.29, 0.717) is 6.54 Å². The van der Waals surface area contributed by atoms with E-state index in [9.17, 15) is 4.79 Å². The fraction of sp³-hybridized carbons (Fsp3) is 0.588. The number of hydrogen-bond acceptors (Lipinski definition) is 4. The van der Waals surface area contributed by atoms with Crippen molar-refractivity contribution in [3.05, 3.63) is 23.8 Å². The molecule has 0 radical (unpaired) electrons. The van der Waals surface area contributed by atoms with Gasteiger partial charge in [-0.05, 0) is 44.0 Å². The summed E-state index contributed by atoms with van der Waals surface area (Å²) in [6.45, 7) is 7.06. The van der Waals surface area contributed by atoms with Gasteiger partial charge in [0.2, 0.25) is 5.91 Å². The highest BCUT2D eigenvalue weighted by atomic mass is 16.5. The van der Waals surface area contributed by atoms with Crippen LogP contribution in [0, 0.1) is 0 Å². The van der Waals surface area contributed by atoms with E-state index in [1.54, 1.807) is 0 Å².